The van der Waals surface area contributed by atoms with Crippen LogP contribution < -0.4 is 32.9 Å². The molecule has 0 unspecified atom stereocenters. The highest BCUT2D eigenvalue weighted by atomic mass is 79.9. The second-order valence-electron chi connectivity index (χ2n) is 7.79. The van der Waals surface area contributed by atoms with Gasteiger partial charge < -0.3 is 22.0 Å². The number of nitriles is 1. The summed E-state index contributed by atoms with van der Waals surface area (Å²) in [5.74, 6) is 0. The van der Waals surface area contributed by atoms with Crippen LogP contribution in [0.15, 0.2) is 109 Å². The zero-order valence-electron chi connectivity index (χ0n) is 17.7. The van der Waals surface area contributed by atoms with Gasteiger partial charge in [-0.3, -0.25) is 0 Å². The third kappa shape index (κ3) is 3.78. The molecule has 0 aliphatic rings. The van der Waals surface area contributed by atoms with E-state index in [0.717, 1.165) is 16.6 Å². The minimum atomic E-state index is -1.86. The molecule has 156 valence electrons. The lowest BCUT2D eigenvalue weighted by molar-refractivity contribution is -0.00000626. The third-order valence-corrected chi connectivity index (χ3v) is 9.99. The van der Waals surface area contributed by atoms with Gasteiger partial charge in [-0.2, -0.15) is 5.26 Å². The van der Waals surface area contributed by atoms with Crippen LogP contribution in [0.5, 0.6) is 0 Å². The molecule has 0 saturated carbocycles. The molecule has 0 aliphatic carbocycles. The number of aromatic nitrogens is 1. The van der Waals surface area contributed by atoms with Crippen molar-refractivity contribution in [1.82, 2.24) is 4.98 Å². The second kappa shape index (κ2) is 9.13. The fourth-order valence-corrected chi connectivity index (χ4v) is 7.76. The van der Waals surface area contributed by atoms with Crippen molar-refractivity contribution < 1.29 is 17.0 Å². The topological polar surface area (TPSA) is 39.6 Å². The predicted molar refractivity (Wildman–Crippen MR) is 133 cm³/mol. The first-order chi connectivity index (χ1) is 15.2. The van der Waals surface area contributed by atoms with E-state index in [1.807, 2.05) is 18.2 Å². The van der Waals surface area contributed by atoms with E-state index in [1.54, 1.807) is 0 Å². The second-order valence-corrected chi connectivity index (χ2v) is 11.3. The molecule has 0 radical (unpaired) electrons. The SMILES string of the molecule is C[P+](c1ccccc1)(c1ccccc1)c1ccccc1-c1cc2ccc(C#N)cc2[nH]1.[Br-]. The largest absolute Gasteiger partial charge is 1.00 e. The zero-order valence-corrected chi connectivity index (χ0v) is 20.1. The average Bonchev–Trinajstić information content (AvgIpc) is 3.28. The maximum absolute atomic E-state index is 9.26. The molecule has 0 bridgehead atoms. The molecule has 5 aromatic rings. The molecule has 1 aromatic heterocycles. The summed E-state index contributed by atoms with van der Waals surface area (Å²) in [4.78, 5) is 3.57. The van der Waals surface area contributed by atoms with Crippen molar-refractivity contribution in [2.75, 3.05) is 6.66 Å². The van der Waals surface area contributed by atoms with E-state index in [-0.39, 0.29) is 17.0 Å². The Bertz CT molecular complexity index is 1360. The van der Waals surface area contributed by atoms with Crippen molar-refractivity contribution in [2.45, 2.75) is 0 Å². The first kappa shape index (κ1) is 22.0. The van der Waals surface area contributed by atoms with Gasteiger partial charge in [-0.15, -0.1) is 0 Å². The van der Waals surface area contributed by atoms with Crippen LogP contribution in [0, 0.1) is 11.3 Å². The quantitative estimate of drug-likeness (QED) is 0.381. The molecule has 0 spiro atoms. The van der Waals surface area contributed by atoms with Crippen LogP contribution in [-0.4, -0.2) is 11.6 Å². The Morgan fingerprint density at radius 2 is 1.31 bits per heavy atom. The maximum Gasteiger partial charge on any atom is 0.113 e. The van der Waals surface area contributed by atoms with Crippen LogP contribution >= 0.6 is 7.26 Å². The van der Waals surface area contributed by atoms with Gasteiger partial charge in [-0.1, -0.05) is 54.6 Å². The van der Waals surface area contributed by atoms with Crippen LogP contribution in [0.2, 0.25) is 0 Å². The zero-order chi connectivity index (χ0) is 21.3. The molecule has 2 nitrogen and oxygen atoms in total. The van der Waals surface area contributed by atoms with Crippen LogP contribution in [0.1, 0.15) is 5.56 Å². The van der Waals surface area contributed by atoms with Gasteiger partial charge in [0.15, 0.2) is 0 Å². The van der Waals surface area contributed by atoms with Gasteiger partial charge in [0.05, 0.1) is 24.0 Å². The number of halogens is 1. The highest BCUT2D eigenvalue weighted by molar-refractivity contribution is 7.95. The molecule has 5 rings (SSSR count). The van der Waals surface area contributed by atoms with Crippen molar-refractivity contribution in [1.29, 1.82) is 5.26 Å². The highest BCUT2D eigenvalue weighted by Gasteiger charge is 2.42. The van der Waals surface area contributed by atoms with Crippen LogP contribution in [-0.2, 0) is 0 Å². The maximum atomic E-state index is 9.26. The van der Waals surface area contributed by atoms with Gasteiger partial charge in [0.2, 0.25) is 0 Å². The first-order valence-electron chi connectivity index (χ1n) is 10.3. The lowest BCUT2D eigenvalue weighted by atomic mass is 10.1. The summed E-state index contributed by atoms with van der Waals surface area (Å²) in [6.07, 6.45) is 0. The number of fused-ring (bicyclic) bond motifs is 1. The molecule has 0 amide bonds. The highest BCUT2D eigenvalue weighted by Crippen LogP contribution is 2.53. The van der Waals surface area contributed by atoms with Crippen LogP contribution in [0.3, 0.4) is 0 Å². The van der Waals surface area contributed by atoms with E-state index in [4.69, 9.17) is 0 Å². The van der Waals surface area contributed by atoms with E-state index >= 15 is 0 Å². The molecular weight excluding hydrogens is 475 g/mol. The van der Waals surface area contributed by atoms with Gasteiger partial charge >= 0.3 is 0 Å². The normalized spacial score (nSPS) is 11.0. The lowest BCUT2D eigenvalue weighted by Gasteiger charge is -2.25. The summed E-state index contributed by atoms with van der Waals surface area (Å²) in [5.41, 5.74) is 3.95. The van der Waals surface area contributed by atoms with Gasteiger partial charge in [0.1, 0.15) is 23.2 Å². The van der Waals surface area contributed by atoms with Crippen molar-refractivity contribution in [3.8, 4) is 17.3 Å². The molecule has 0 saturated heterocycles. The number of H-pyrrole nitrogens is 1. The Labute approximate surface area is 199 Å². The van der Waals surface area contributed by atoms with Crippen molar-refractivity contribution >= 4 is 34.1 Å². The summed E-state index contributed by atoms with van der Waals surface area (Å²) in [5, 5.41) is 14.4. The Morgan fingerprint density at radius 3 is 1.94 bits per heavy atom. The van der Waals surface area contributed by atoms with Crippen molar-refractivity contribution in [3.05, 3.63) is 115 Å². The molecular formula is C28H22BrN2P. The number of aromatic amines is 1. The van der Waals surface area contributed by atoms with Gasteiger partial charge in [0, 0.05) is 16.5 Å². The number of hydrogen-bond acceptors (Lipinski definition) is 1. The van der Waals surface area contributed by atoms with Gasteiger partial charge in [0.25, 0.3) is 0 Å². The average molecular weight is 497 g/mol. The molecule has 0 aliphatic heterocycles. The number of nitrogens with one attached hydrogen (secondary N) is 1. The third-order valence-electron chi connectivity index (χ3n) is 5.97. The number of hydrogen-bond donors (Lipinski definition) is 1. The summed E-state index contributed by atoms with van der Waals surface area (Å²) in [7, 11) is -1.86. The molecule has 1 N–H and O–H groups in total. The van der Waals surface area contributed by atoms with Crippen molar-refractivity contribution in [2.24, 2.45) is 0 Å². The molecule has 4 heteroatoms. The predicted octanol–water partition coefficient (Wildman–Crippen LogP) is 2.63. The fraction of sp³-hybridized carbons (Fsp3) is 0.0357. The summed E-state index contributed by atoms with van der Waals surface area (Å²) in [6.45, 7) is 2.41. The van der Waals surface area contributed by atoms with E-state index in [1.165, 1.54) is 21.5 Å². The lowest BCUT2D eigenvalue weighted by Crippen LogP contribution is -3.00. The molecule has 4 aromatic carbocycles. The molecule has 0 fully saturated rings. The summed E-state index contributed by atoms with van der Waals surface area (Å²) in [6, 6.07) is 40.6. The minimum absolute atomic E-state index is 0. The Balaban J connectivity index is 0.00000245. The van der Waals surface area contributed by atoms with E-state index in [0.29, 0.717) is 5.56 Å². The van der Waals surface area contributed by atoms with Crippen LogP contribution in [0.4, 0.5) is 0 Å². The van der Waals surface area contributed by atoms with Crippen molar-refractivity contribution in [3.63, 3.8) is 0 Å². The summed E-state index contributed by atoms with van der Waals surface area (Å²) < 4.78 is 0. The van der Waals surface area contributed by atoms with E-state index < -0.39 is 7.26 Å². The summed E-state index contributed by atoms with van der Waals surface area (Å²) >= 11 is 0. The number of rotatable bonds is 4. The molecule has 0 atom stereocenters. The van der Waals surface area contributed by atoms with E-state index in [9.17, 15) is 5.26 Å². The standard InChI is InChI=1S/C28H22N2P.BrH/c1-31(23-10-4-2-5-11-23,24-12-6-3-7-13-24)28-15-9-8-14-25(28)27-19-22-17-16-21(20-29)18-26(22)30-27;/h2-19,30H,1H3;1H/q+1;/p-1. The van der Waals surface area contributed by atoms with E-state index in [2.05, 4.69) is 109 Å². The Kier molecular flexibility index (Phi) is 6.28. The fourth-order valence-electron chi connectivity index (χ4n) is 4.31. The minimum Gasteiger partial charge on any atom is -1.00 e. The van der Waals surface area contributed by atoms with Gasteiger partial charge in [-0.05, 0) is 54.6 Å². The van der Waals surface area contributed by atoms with Crippen LogP contribution in [0.25, 0.3) is 22.2 Å². The first-order valence-corrected chi connectivity index (χ1v) is 12.5. The molecule has 32 heavy (non-hydrogen) atoms. The molecule has 1 heterocycles. The Hall–Kier alpha value is -3.18. The monoisotopic (exact) mass is 496 g/mol. The number of nitrogens with zero attached hydrogens (tertiary/aromatic N) is 1. The van der Waals surface area contributed by atoms with Gasteiger partial charge in [-0.25, -0.2) is 0 Å². The smallest absolute Gasteiger partial charge is 0.113 e. The number of benzene rings is 4. The Morgan fingerprint density at radius 1 is 0.719 bits per heavy atom.